The highest BCUT2D eigenvalue weighted by atomic mass is 35.5. The number of hydrogen-bond donors (Lipinski definition) is 1. The molecule has 1 amide bonds. The first kappa shape index (κ1) is 19.0. The standard InChI is InChI=1S/C18H27ClN2O3/c1-3-14(2)11-21-7-8-24-18(12-21,10-17(20)22)13-23-16-6-4-5-15(19)9-16/h4-6,9,14H,3,7-8,10-13H2,1-2H3,(H2,20,22)/t14-,18-/m0/s1. The van der Waals surface area contributed by atoms with E-state index < -0.39 is 5.60 Å². The molecule has 1 aromatic rings. The highest BCUT2D eigenvalue weighted by Crippen LogP contribution is 2.26. The zero-order chi connectivity index (χ0) is 17.6. The molecule has 2 atom stereocenters. The molecule has 0 radical (unpaired) electrons. The molecule has 5 nitrogen and oxygen atoms in total. The highest BCUT2D eigenvalue weighted by Gasteiger charge is 2.39. The lowest BCUT2D eigenvalue weighted by Gasteiger charge is -2.42. The van der Waals surface area contributed by atoms with Crippen LogP contribution in [0.3, 0.4) is 0 Å². The predicted molar refractivity (Wildman–Crippen MR) is 95.3 cm³/mol. The second-order valence-electron chi connectivity index (χ2n) is 6.67. The molecule has 1 heterocycles. The molecule has 1 aromatic carbocycles. The monoisotopic (exact) mass is 354 g/mol. The van der Waals surface area contributed by atoms with E-state index in [4.69, 9.17) is 26.8 Å². The van der Waals surface area contributed by atoms with E-state index in [1.165, 1.54) is 0 Å². The number of nitrogens with zero attached hydrogens (tertiary/aromatic N) is 1. The Labute approximate surface area is 149 Å². The largest absolute Gasteiger partial charge is 0.490 e. The molecule has 0 bridgehead atoms. The van der Waals surface area contributed by atoms with Crippen LogP contribution in [0.15, 0.2) is 24.3 Å². The summed E-state index contributed by atoms with van der Waals surface area (Å²) in [6.07, 6.45) is 1.27. The number of carbonyl (C=O) groups excluding carboxylic acids is 1. The minimum atomic E-state index is -0.708. The van der Waals surface area contributed by atoms with E-state index in [0.717, 1.165) is 19.5 Å². The number of primary amides is 1. The fourth-order valence-corrected chi connectivity index (χ4v) is 3.16. The molecule has 2 N–H and O–H groups in total. The molecule has 6 heteroatoms. The van der Waals surface area contributed by atoms with Crippen molar-refractivity contribution in [2.75, 3.05) is 32.8 Å². The van der Waals surface area contributed by atoms with Gasteiger partial charge in [-0.15, -0.1) is 0 Å². The molecular formula is C18H27ClN2O3. The second-order valence-corrected chi connectivity index (χ2v) is 7.11. The first-order valence-corrected chi connectivity index (χ1v) is 8.83. The number of halogens is 1. The highest BCUT2D eigenvalue weighted by molar-refractivity contribution is 6.30. The van der Waals surface area contributed by atoms with Gasteiger partial charge in [0.25, 0.3) is 0 Å². The molecule has 0 saturated carbocycles. The van der Waals surface area contributed by atoms with Crippen LogP contribution in [0.1, 0.15) is 26.7 Å². The van der Waals surface area contributed by atoms with Crippen molar-refractivity contribution < 1.29 is 14.3 Å². The number of carbonyl (C=O) groups is 1. The van der Waals surface area contributed by atoms with Crippen LogP contribution in [-0.4, -0.2) is 49.3 Å². The van der Waals surface area contributed by atoms with Gasteiger partial charge in [-0.3, -0.25) is 9.69 Å². The maximum Gasteiger partial charge on any atom is 0.220 e. The Bertz CT molecular complexity index is 555. The summed E-state index contributed by atoms with van der Waals surface area (Å²) in [6, 6.07) is 7.21. The summed E-state index contributed by atoms with van der Waals surface area (Å²) in [7, 11) is 0. The van der Waals surface area contributed by atoms with Crippen molar-refractivity contribution in [2.45, 2.75) is 32.3 Å². The smallest absolute Gasteiger partial charge is 0.220 e. The Morgan fingerprint density at radius 1 is 1.54 bits per heavy atom. The maximum absolute atomic E-state index is 11.6. The number of morpholine rings is 1. The van der Waals surface area contributed by atoms with Gasteiger partial charge in [0.1, 0.15) is 18.0 Å². The third-order valence-corrected chi connectivity index (χ3v) is 4.62. The van der Waals surface area contributed by atoms with E-state index in [1.807, 2.05) is 12.1 Å². The fraction of sp³-hybridized carbons (Fsp3) is 0.611. The van der Waals surface area contributed by atoms with Crippen LogP contribution in [-0.2, 0) is 9.53 Å². The molecule has 0 aromatic heterocycles. The van der Waals surface area contributed by atoms with Gasteiger partial charge in [-0.25, -0.2) is 0 Å². The Morgan fingerprint density at radius 3 is 3.00 bits per heavy atom. The summed E-state index contributed by atoms with van der Waals surface area (Å²) in [5.41, 5.74) is 4.75. The van der Waals surface area contributed by atoms with Crippen molar-refractivity contribution in [2.24, 2.45) is 11.7 Å². The van der Waals surface area contributed by atoms with Crippen molar-refractivity contribution in [3.63, 3.8) is 0 Å². The Kier molecular flexibility index (Phi) is 6.90. The van der Waals surface area contributed by atoms with Crippen LogP contribution in [0.4, 0.5) is 0 Å². The van der Waals surface area contributed by atoms with Crippen LogP contribution in [0.2, 0.25) is 5.02 Å². The average molecular weight is 355 g/mol. The predicted octanol–water partition coefficient (Wildman–Crippen LogP) is 2.71. The SMILES string of the molecule is CC[C@H](C)CN1CCO[C@@](COc2cccc(Cl)c2)(CC(N)=O)C1. The van der Waals surface area contributed by atoms with Gasteiger partial charge in [0.15, 0.2) is 0 Å². The molecule has 2 rings (SSSR count). The van der Waals surface area contributed by atoms with Gasteiger partial charge in [-0.05, 0) is 24.1 Å². The molecule has 134 valence electrons. The number of rotatable bonds is 8. The van der Waals surface area contributed by atoms with Gasteiger partial charge in [0.2, 0.25) is 5.91 Å². The Balaban J connectivity index is 2.06. The van der Waals surface area contributed by atoms with Gasteiger partial charge in [0, 0.05) is 24.7 Å². The zero-order valence-corrected chi connectivity index (χ0v) is 15.2. The van der Waals surface area contributed by atoms with E-state index in [1.54, 1.807) is 12.1 Å². The lowest BCUT2D eigenvalue weighted by atomic mass is 9.96. The Morgan fingerprint density at radius 2 is 2.33 bits per heavy atom. The molecule has 24 heavy (non-hydrogen) atoms. The molecule has 0 unspecified atom stereocenters. The van der Waals surface area contributed by atoms with Crippen LogP contribution in [0.5, 0.6) is 5.75 Å². The normalized spacial score (nSPS) is 23.0. The molecular weight excluding hydrogens is 328 g/mol. The van der Waals surface area contributed by atoms with Crippen LogP contribution in [0.25, 0.3) is 0 Å². The van der Waals surface area contributed by atoms with Crippen molar-refractivity contribution in [1.82, 2.24) is 4.90 Å². The quantitative estimate of drug-likeness (QED) is 0.779. The van der Waals surface area contributed by atoms with Crippen molar-refractivity contribution >= 4 is 17.5 Å². The maximum atomic E-state index is 11.6. The van der Waals surface area contributed by atoms with Gasteiger partial charge in [-0.2, -0.15) is 0 Å². The number of benzene rings is 1. The molecule has 1 aliphatic heterocycles. The molecule has 1 saturated heterocycles. The van der Waals surface area contributed by atoms with Gasteiger partial charge in [-0.1, -0.05) is 37.9 Å². The van der Waals surface area contributed by atoms with E-state index in [-0.39, 0.29) is 18.9 Å². The third-order valence-electron chi connectivity index (χ3n) is 4.39. The van der Waals surface area contributed by atoms with E-state index in [2.05, 4.69) is 18.7 Å². The summed E-state index contributed by atoms with van der Waals surface area (Å²) in [6.45, 7) is 7.74. The summed E-state index contributed by atoms with van der Waals surface area (Å²) >= 11 is 5.99. The number of nitrogens with two attached hydrogens (primary N) is 1. The summed E-state index contributed by atoms with van der Waals surface area (Å²) < 4.78 is 11.8. The van der Waals surface area contributed by atoms with Crippen LogP contribution < -0.4 is 10.5 Å². The average Bonchev–Trinajstić information content (AvgIpc) is 2.52. The Hall–Kier alpha value is -1.30. The first-order valence-electron chi connectivity index (χ1n) is 8.45. The number of ether oxygens (including phenoxy) is 2. The first-order chi connectivity index (χ1) is 11.4. The van der Waals surface area contributed by atoms with Gasteiger partial charge >= 0.3 is 0 Å². The van der Waals surface area contributed by atoms with E-state index in [9.17, 15) is 4.79 Å². The number of amides is 1. The zero-order valence-electron chi connectivity index (χ0n) is 14.5. The molecule has 1 aliphatic rings. The van der Waals surface area contributed by atoms with Crippen molar-refractivity contribution in [3.05, 3.63) is 29.3 Å². The van der Waals surface area contributed by atoms with Crippen LogP contribution >= 0.6 is 11.6 Å². The second kappa shape index (κ2) is 8.70. The van der Waals surface area contributed by atoms with Gasteiger partial charge < -0.3 is 15.2 Å². The molecule has 0 spiro atoms. The molecule has 1 fully saturated rings. The summed E-state index contributed by atoms with van der Waals surface area (Å²) in [5, 5.41) is 0.611. The third kappa shape index (κ3) is 5.65. The van der Waals surface area contributed by atoms with Crippen molar-refractivity contribution in [1.29, 1.82) is 0 Å². The van der Waals surface area contributed by atoms with E-state index in [0.29, 0.717) is 29.8 Å². The van der Waals surface area contributed by atoms with Crippen LogP contribution in [0, 0.1) is 5.92 Å². The lowest BCUT2D eigenvalue weighted by molar-refractivity contribution is -0.148. The van der Waals surface area contributed by atoms with E-state index >= 15 is 0 Å². The lowest BCUT2D eigenvalue weighted by Crippen LogP contribution is -2.57. The minimum Gasteiger partial charge on any atom is -0.490 e. The summed E-state index contributed by atoms with van der Waals surface area (Å²) in [4.78, 5) is 13.9. The van der Waals surface area contributed by atoms with Crippen molar-refractivity contribution in [3.8, 4) is 5.75 Å². The fourth-order valence-electron chi connectivity index (χ4n) is 2.98. The van der Waals surface area contributed by atoms with Gasteiger partial charge in [0.05, 0.1) is 13.0 Å². The molecule has 0 aliphatic carbocycles. The summed E-state index contributed by atoms with van der Waals surface area (Å²) in [5.74, 6) is 0.882. The minimum absolute atomic E-state index is 0.143. The number of hydrogen-bond acceptors (Lipinski definition) is 4. The topological polar surface area (TPSA) is 64.8 Å².